The SMILES string of the molecule is CCCOCC(=O)C(C)CCCC(C)N. The molecule has 3 nitrogen and oxygen atoms in total. The number of carbonyl (C=O) groups excluding carboxylic acids is 1. The van der Waals surface area contributed by atoms with Gasteiger partial charge in [0.25, 0.3) is 0 Å². The molecular weight excluding hydrogens is 190 g/mol. The van der Waals surface area contributed by atoms with Crippen molar-refractivity contribution < 1.29 is 9.53 Å². The molecular formula is C12H25NO2. The normalized spacial score (nSPS) is 14.9. The standard InChI is InChI=1S/C12H25NO2/c1-4-8-15-9-12(14)10(2)6-5-7-11(3)13/h10-11H,4-9,13H2,1-3H3. The van der Waals surface area contributed by atoms with E-state index in [1.165, 1.54) is 0 Å². The smallest absolute Gasteiger partial charge is 0.161 e. The molecule has 2 N–H and O–H groups in total. The van der Waals surface area contributed by atoms with Gasteiger partial charge in [-0.1, -0.05) is 20.3 Å². The van der Waals surface area contributed by atoms with Crippen molar-refractivity contribution in [3.8, 4) is 0 Å². The minimum Gasteiger partial charge on any atom is -0.374 e. The van der Waals surface area contributed by atoms with E-state index in [9.17, 15) is 4.79 Å². The van der Waals surface area contributed by atoms with E-state index >= 15 is 0 Å². The number of Topliss-reactive ketones (excluding diaryl/α,β-unsaturated/α-hetero) is 1. The van der Waals surface area contributed by atoms with Crippen LogP contribution in [0.3, 0.4) is 0 Å². The second-order valence-corrected chi connectivity index (χ2v) is 4.33. The third-order valence-corrected chi connectivity index (χ3v) is 2.44. The molecule has 15 heavy (non-hydrogen) atoms. The zero-order valence-electron chi connectivity index (χ0n) is 10.3. The van der Waals surface area contributed by atoms with Gasteiger partial charge in [-0.15, -0.1) is 0 Å². The van der Waals surface area contributed by atoms with Crippen LogP contribution in [0.25, 0.3) is 0 Å². The Morgan fingerprint density at radius 1 is 1.33 bits per heavy atom. The Hall–Kier alpha value is -0.410. The lowest BCUT2D eigenvalue weighted by Gasteiger charge is -2.11. The number of ether oxygens (including phenoxy) is 1. The Bertz CT molecular complexity index is 169. The molecule has 0 aromatic heterocycles. The molecule has 0 saturated carbocycles. The molecule has 0 bridgehead atoms. The summed E-state index contributed by atoms with van der Waals surface area (Å²) in [6.45, 7) is 6.96. The molecule has 0 heterocycles. The molecule has 0 amide bonds. The lowest BCUT2D eigenvalue weighted by molar-refractivity contribution is -0.127. The summed E-state index contributed by atoms with van der Waals surface area (Å²) in [6, 6.07) is 0.239. The quantitative estimate of drug-likeness (QED) is 0.599. The summed E-state index contributed by atoms with van der Waals surface area (Å²) in [5.41, 5.74) is 5.64. The van der Waals surface area contributed by atoms with Crippen LogP contribution >= 0.6 is 0 Å². The van der Waals surface area contributed by atoms with Crippen LogP contribution in [0.1, 0.15) is 46.5 Å². The second kappa shape index (κ2) is 8.86. The minimum absolute atomic E-state index is 0.112. The summed E-state index contributed by atoms with van der Waals surface area (Å²) in [5, 5.41) is 0. The van der Waals surface area contributed by atoms with Gasteiger partial charge in [0.1, 0.15) is 6.61 Å². The van der Waals surface area contributed by atoms with Crippen molar-refractivity contribution in [1.82, 2.24) is 0 Å². The molecule has 2 atom stereocenters. The van der Waals surface area contributed by atoms with E-state index < -0.39 is 0 Å². The molecule has 0 aromatic carbocycles. The van der Waals surface area contributed by atoms with E-state index in [0.717, 1.165) is 25.7 Å². The first-order chi connectivity index (χ1) is 7.07. The number of carbonyl (C=O) groups is 1. The molecule has 0 saturated heterocycles. The van der Waals surface area contributed by atoms with Crippen molar-refractivity contribution in [3.63, 3.8) is 0 Å². The van der Waals surface area contributed by atoms with Gasteiger partial charge >= 0.3 is 0 Å². The average molecular weight is 215 g/mol. The molecule has 0 fully saturated rings. The Morgan fingerprint density at radius 2 is 2.00 bits per heavy atom. The number of ketones is 1. The van der Waals surface area contributed by atoms with Crippen molar-refractivity contribution in [2.45, 2.75) is 52.5 Å². The van der Waals surface area contributed by atoms with Gasteiger partial charge in [0.05, 0.1) is 0 Å². The van der Waals surface area contributed by atoms with E-state index in [4.69, 9.17) is 10.5 Å². The van der Waals surface area contributed by atoms with E-state index in [1.807, 2.05) is 20.8 Å². The molecule has 0 aliphatic carbocycles. The fraction of sp³-hybridized carbons (Fsp3) is 0.917. The van der Waals surface area contributed by atoms with E-state index in [-0.39, 0.29) is 24.3 Å². The topological polar surface area (TPSA) is 52.3 Å². The maximum absolute atomic E-state index is 11.5. The van der Waals surface area contributed by atoms with E-state index in [0.29, 0.717) is 6.61 Å². The monoisotopic (exact) mass is 215 g/mol. The van der Waals surface area contributed by atoms with Gasteiger partial charge in [-0.25, -0.2) is 0 Å². The second-order valence-electron chi connectivity index (χ2n) is 4.33. The van der Waals surface area contributed by atoms with Crippen molar-refractivity contribution in [2.24, 2.45) is 11.7 Å². The lowest BCUT2D eigenvalue weighted by atomic mass is 9.98. The fourth-order valence-electron chi connectivity index (χ4n) is 1.37. The zero-order valence-corrected chi connectivity index (χ0v) is 10.3. The van der Waals surface area contributed by atoms with Gasteiger partial charge in [-0.3, -0.25) is 4.79 Å². The van der Waals surface area contributed by atoms with Crippen molar-refractivity contribution in [3.05, 3.63) is 0 Å². The Morgan fingerprint density at radius 3 is 2.53 bits per heavy atom. The zero-order chi connectivity index (χ0) is 11.7. The Kier molecular flexibility index (Phi) is 8.62. The molecule has 2 unspecified atom stereocenters. The van der Waals surface area contributed by atoms with Crippen molar-refractivity contribution in [1.29, 1.82) is 0 Å². The Balaban J connectivity index is 3.51. The first-order valence-corrected chi connectivity index (χ1v) is 5.94. The molecule has 0 aromatic rings. The average Bonchev–Trinajstić information content (AvgIpc) is 2.17. The van der Waals surface area contributed by atoms with Crippen LogP contribution in [0, 0.1) is 5.92 Å². The van der Waals surface area contributed by atoms with E-state index in [2.05, 4.69) is 0 Å². The van der Waals surface area contributed by atoms with Crippen LogP contribution in [0.4, 0.5) is 0 Å². The summed E-state index contributed by atoms with van der Waals surface area (Å²) < 4.78 is 5.22. The number of hydrogen-bond acceptors (Lipinski definition) is 3. The van der Waals surface area contributed by atoms with Crippen molar-refractivity contribution in [2.75, 3.05) is 13.2 Å². The fourth-order valence-corrected chi connectivity index (χ4v) is 1.37. The predicted molar refractivity (Wildman–Crippen MR) is 62.8 cm³/mol. The number of nitrogens with two attached hydrogens (primary N) is 1. The first kappa shape index (κ1) is 14.6. The van der Waals surface area contributed by atoms with Crippen LogP contribution in [0.2, 0.25) is 0 Å². The third-order valence-electron chi connectivity index (χ3n) is 2.44. The van der Waals surface area contributed by atoms with Crippen LogP contribution < -0.4 is 5.73 Å². The highest BCUT2D eigenvalue weighted by atomic mass is 16.5. The van der Waals surface area contributed by atoms with Crippen LogP contribution in [0.15, 0.2) is 0 Å². The predicted octanol–water partition coefficient (Wildman–Crippen LogP) is 2.14. The van der Waals surface area contributed by atoms with Crippen LogP contribution in [0.5, 0.6) is 0 Å². The van der Waals surface area contributed by atoms with Gasteiger partial charge in [0.2, 0.25) is 0 Å². The van der Waals surface area contributed by atoms with Gasteiger partial charge < -0.3 is 10.5 Å². The first-order valence-electron chi connectivity index (χ1n) is 5.94. The van der Waals surface area contributed by atoms with E-state index in [1.54, 1.807) is 0 Å². The molecule has 0 aliphatic rings. The van der Waals surface area contributed by atoms with Crippen LogP contribution in [-0.4, -0.2) is 25.0 Å². The minimum atomic E-state index is 0.112. The summed E-state index contributed by atoms with van der Waals surface area (Å²) >= 11 is 0. The maximum atomic E-state index is 11.5. The molecule has 0 spiro atoms. The molecule has 0 radical (unpaired) electrons. The summed E-state index contributed by atoms with van der Waals surface area (Å²) in [7, 11) is 0. The molecule has 90 valence electrons. The number of hydrogen-bond donors (Lipinski definition) is 1. The highest BCUT2D eigenvalue weighted by Crippen LogP contribution is 2.10. The van der Waals surface area contributed by atoms with Gasteiger partial charge in [-0.2, -0.15) is 0 Å². The van der Waals surface area contributed by atoms with Gasteiger partial charge in [0, 0.05) is 18.6 Å². The molecule has 3 heteroatoms. The maximum Gasteiger partial charge on any atom is 0.161 e. The molecule has 0 aliphatic heterocycles. The Labute approximate surface area is 93.4 Å². The van der Waals surface area contributed by atoms with Crippen molar-refractivity contribution >= 4 is 5.78 Å². The van der Waals surface area contributed by atoms with Gasteiger partial charge in [-0.05, 0) is 26.2 Å². The molecule has 0 rings (SSSR count). The highest BCUT2D eigenvalue weighted by Gasteiger charge is 2.12. The third kappa shape index (κ3) is 8.58. The largest absolute Gasteiger partial charge is 0.374 e. The number of rotatable bonds is 9. The summed E-state index contributed by atoms with van der Waals surface area (Å²) in [5.74, 6) is 0.328. The lowest BCUT2D eigenvalue weighted by Crippen LogP contribution is -2.19. The summed E-state index contributed by atoms with van der Waals surface area (Å²) in [4.78, 5) is 11.5. The highest BCUT2D eigenvalue weighted by molar-refractivity contribution is 5.81. The van der Waals surface area contributed by atoms with Gasteiger partial charge in [0.15, 0.2) is 5.78 Å². The van der Waals surface area contributed by atoms with Crippen LogP contribution in [-0.2, 0) is 9.53 Å². The summed E-state index contributed by atoms with van der Waals surface area (Å²) in [6.07, 6.45) is 3.91.